The van der Waals surface area contributed by atoms with Crippen molar-refractivity contribution in [3.05, 3.63) is 47.1 Å². The van der Waals surface area contributed by atoms with Gasteiger partial charge in [0.1, 0.15) is 5.75 Å². The molecule has 0 aliphatic heterocycles. The molecule has 0 spiro atoms. The molecule has 0 aliphatic rings. The number of phenols is 1. The molecule has 0 aliphatic carbocycles. The number of aromatic hydroxyl groups is 1. The summed E-state index contributed by atoms with van der Waals surface area (Å²) in [7, 11) is 3.90. The molecule has 0 radical (unpaired) electrons. The Bertz CT molecular complexity index is 572. The molecular formula is C14H16ClN3O. The zero-order valence-electron chi connectivity index (χ0n) is 10.9. The van der Waals surface area contributed by atoms with Crippen molar-refractivity contribution in [2.75, 3.05) is 24.3 Å². The zero-order chi connectivity index (χ0) is 13.8. The summed E-state index contributed by atoms with van der Waals surface area (Å²) < 4.78 is 0. The second-order valence-electron chi connectivity index (χ2n) is 4.41. The summed E-state index contributed by atoms with van der Waals surface area (Å²) in [6.45, 7) is 0.618. The molecule has 0 fully saturated rings. The number of pyridine rings is 1. The predicted octanol–water partition coefficient (Wildman–Crippen LogP) is 3.12. The van der Waals surface area contributed by atoms with E-state index in [9.17, 15) is 5.11 Å². The normalized spacial score (nSPS) is 10.3. The zero-order valence-corrected chi connectivity index (χ0v) is 11.6. The first-order valence-corrected chi connectivity index (χ1v) is 6.29. The van der Waals surface area contributed by atoms with Gasteiger partial charge in [-0.15, -0.1) is 0 Å². The van der Waals surface area contributed by atoms with E-state index in [-0.39, 0.29) is 5.75 Å². The summed E-state index contributed by atoms with van der Waals surface area (Å²) >= 11 is 5.88. The highest BCUT2D eigenvalue weighted by molar-refractivity contribution is 6.32. The average molecular weight is 278 g/mol. The average Bonchev–Trinajstić information content (AvgIpc) is 2.40. The first kappa shape index (κ1) is 13.5. The maximum atomic E-state index is 9.38. The van der Waals surface area contributed by atoms with Crippen molar-refractivity contribution >= 4 is 23.1 Å². The van der Waals surface area contributed by atoms with Crippen molar-refractivity contribution in [1.29, 1.82) is 0 Å². The lowest BCUT2D eigenvalue weighted by molar-refractivity contribution is 0.475. The second-order valence-corrected chi connectivity index (χ2v) is 4.82. The summed E-state index contributed by atoms with van der Waals surface area (Å²) in [6, 6.07) is 9.04. The molecule has 1 aromatic heterocycles. The standard InChI is InChI=1S/C14H16ClN3O/c1-18(2)14-12(4-3-7-16-14)17-9-10-5-6-13(19)11(15)8-10/h3-8,17,19H,9H2,1-2H3. The second kappa shape index (κ2) is 5.80. The minimum atomic E-state index is 0.0979. The van der Waals surface area contributed by atoms with Crippen molar-refractivity contribution in [3.63, 3.8) is 0 Å². The van der Waals surface area contributed by atoms with E-state index in [0.29, 0.717) is 11.6 Å². The fraction of sp³-hybridized carbons (Fsp3) is 0.214. The molecule has 19 heavy (non-hydrogen) atoms. The highest BCUT2D eigenvalue weighted by Crippen LogP contribution is 2.25. The number of hydrogen-bond acceptors (Lipinski definition) is 4. The number of nitrogens with one attached hydrogen (secondary N) is 1. The van der Waals surface area contributed by atoms with Crippen molar-refractivity contribution in [2.24, 2.45) is 0 Å². The van der Waals surface area contributed by atoms with Gasteiger partial charge in [0, 0.05) is 26.8 Å². The van der Waals surface area contributed by atoms with E-state index >= 15 is 0 Å². The van der Waals surface area contributed by atoms with Gasteiger partial charge in [0.05, 0.1) is 10.7 Å². The van der Waals surface area contributed by atoms with Crippen molar-refractivity contribution in [1.82, 2.24) is 4.98 Å². The lowest BCUT2D eigenvalue weighted by Crippen LogP contribution is -2.13. The maximum Gasteiger partial charge on any atom is 0.151 e. The Morgan fingerprint density at radius 1 is 1.32 bits per heavy atom. The molecule has 1 aromatic carbocycles. The van der Waals surface area contributed by atoms with Crippen molar-refractivity contribution < 1.29 is 5.11 Å². The number of benzene rings is 1. The van der Waals surface area contributed by atoms with Crippen LogP contribution in [0.25, 0.3) is 0 Å². The summed E-state index contributed by atoms with van der Waals surface area (Å²) in [5, 5.41) is 13.0. The number of halogens is 1. The Morgan fingerprint density at radius 3 is 2.79 bits per heavy atom. The smallest absolute Gasteiger partial charge is 0.151 e. The molecule has 2 N–H and O–H groups in total. The van der Waals surface area contributed by atoms with Crippen LogP contribution in [-0.2, 0) is 6.54 Å². The van der Waals surface area contributed by atoms with Crippen LogP contribution < -0.4 is 10.2 Å². The van der Waals surface area contributed by atoms with Crippen molar-refractivity contribution in [3.8, 4) is 5.75 Å². The van der Waals surface area contributed by atoms with Gasteiger partial charge in [-0.2, -0.15) is 0 Å². The molecule has 0 unspecified atom stereocenters. The van der Waals surface area contributed by atoms with E-state index in [1.54, 1.807) is 18.3 Å². The molecule has 0 saturated carbocycles. The first-order chi connectivity index (χ1) is 9.08. The van der Waals surface area contributed by atoms with Gasteiger partial charge in [-0.1, -0.05) is 17.7 Å². The number of hydrogen-bond donors (Lipinski definition) is 2. The lowest BCUT2D eigenvalue weighted by atomic mass is 10.2. The minimum absolute atomic E-state index is 0.0979. The fourth-order valence-electron chi connectivity index (χ4n) is 1.75. The minimum Gasteiger partial charge on any atom is -0.506 e. The number of nitrogens with zero attached hydrogens (tertiary/aromatic N) is 2. The Labute approximate surface area is 117 Å². The summed E-state index contributed by atoms with van der Waals surface area (Å²) in [6.07, 6.45) is 1.76. The van der Waals surface area contributed by atoms with Crippen LogP contribution in [0.15, 0.2) is 36.5 Å². The Kier molecular flexibility index (Phi) is 4.12. The van der Waals surface area contributed by atoms with E-state index in [1.165, 1.54) is 0 Å². The van der Waals surface area contributed by atoms with Gasteiger partial charge in [-0.25, -0.2) is 4.98 Å². The first-order valence-electron chi connectivity index (χ1n) is 5.91. The predicted molar refractivity (Wildman–Crippen MR) is 79.0 cm³/mol. The van der Waals surface area contributed by atoms with Gasteiger partial charge in [0.15, 0.2) is 5.82 Å². The van der Waals surface area contributed by atoms with Crippen LogP contribution in [0, 0.1) is 0 Å². The van der Waals surface area contributed by atoms with Gasteiger partial charge in [0.25, 0.3) is 0 Å². The molecule has 2 aromatic rings. The third-order valence-electron chi connectivity index (χ3n) is 2.71. The molecule has 0 amide bonds. The van der Waals surface area contributed by atoms with Crippen LogP contribution in [0.1, 0.15) is 5.56 Å². The van der Waals surface area contributed by atoms with E-state index in [1.807, 2.05) is 37.2 Å². The third-order valence-corrected chi connectivity index (χ3v) is 3.01. The summed E-state index contributed by atoms with van der Waals surface area (Å²) in [4.78, 5) is 6.27. The van der Waals surface area contributed by atoms with Gasteiger partial charge in [-0.05, 0) is 29.8 Å². The molecule has 0 atom stereocenters. The highest BCUT2D eigenvalue weighted by Gasteiger charge is 2.05. The molecule has 4 nitrogen and oxygen atoms in total. The third kappa shape index (κ3) is 3.29. The molecule has 0 bridgehead atoms. The van der Waals surface area contributed by atoms with Crippen LogP contribution in [0.2, 0.25) is 5.02 Å². The molecule has 5 heteroatoms. The van der Waals surface area contributed by atoms with Gasteiger partial charge in [-0.3, -0.25) is 0 Å². The summed E-state index contributed by atoms with van der Waals surface area (Å²) in [5.41, 5.74) is 1.95. The van der Waals surface area contributed by atoms with Gasteiger partial charge < -0.3 is 15.3 Å². The SMILES string of the molecule is CN(C)c1ncccc1NCc1ccc(O)c(Cl)c1. The van der Waals surface area contributed by atoms with E-state index < -0.39 is 0 Å². The number of rotatable bonds is 4. The Hall–Kier alpha value is -1.94. The molecule has 100 valence electrons. The van der Waals surface area contributed by atoms with E-state index in [2.05, 4.69) is 10.3 Å². The van der Waals surface area contributed by atoms with Crippen LogP contribution >= 0.6 is 11.6 Å². The van der Waals surface area contributed by atoms with Gasteiger partial charge >= 0.3 is 0 Å². The highest BCUT2D eigenvalue weighted by atomic mass is 35.5. The molecular weight excluding hydrogens is 262 g/mol. The lowest BCUT2D eigenvalue weighted by Gasteiger charge is -2.17. The number of phenolic OH excluding ortho intramolecular Hbond substituents is 1. The Balaban J connectivity index is 2.12. The fourth-order valence-corrected chi connectivity index (χ4v) is 1.95. The van der Waals surface area contributed by atoms with Crippen molar-refractivity contribution in [2.45, 2.75) is 6.54 Å². The monoisotopic (exact) mass is 277 g/mol. The maximum absolute atomic E-state index is 9.38. The molecule has 2 rings (SSSR count). The quantitative estimate of drug-likeness (QED) is 0.901. The molecule has 1 heterocycles. The molecule has 0 saturated heterocycles. The summed E-state index contributed by atoms with van der Waals surface area (Å²) in [5.74, 6) is 0.980. The van der Waals surface area contributed by atoms with E-state index in [4.69, 9.17) is 11.6 Å². The van der Waals surface area contributed by atoms with Crippen LogP contribution in [0.5, 0.6) is 5.75 Å². The van der Waals surface area contributed by atoms with Crippen LogP contribution in [-0.4, -0.2) is 24.2 Å². The number of anilines is 2. The number of aromatic nitrogens is 1. The largest absolute Gasteiger partial charge is 0.506 e. The van der Waals surface area contributed by atoms with E-state index in [0.717, 1.165) is 17.1 Å². The van der Waals surface area contributed by atoms with Gasteiger partial charge in [0.2, 0.25) is 0 Å². The van der Waals surface area contributed by atoms with Crippen LogP contribution in [0.3, 0.4) is 0 Å². The topological polar surface area (TPSA) is 48.4 Å². The van der Waals surface area contributed by atoms with Crippen LogP contribution in [0.4, 0.5) is 11.5 Å². The Morgan fingerprint density at radius 2 is 2.11 bits per heavy atom.